The van der Waals surface area contributed by atoms with Crippen molar-refractivity contribution in [2.24, 2.45) is 5.92 Å². The van der Waals surface area contributed by atoms with Crippen molar-refractivity contribution in [3.63, 3.8) is 0 Å². The molecule has 0 aliphatic carbocycles. The average Bonchev–Trinajstić information content (AvgIpc) is 3.33. The maximum atomic E-state index is 13.9. The summed E-state index contributed by atoms with van der Waals surface area (Å²) in [4.78, 5) is 29.2. The zero-order valence-corrected chi connectivity index (χ0v) is 19.5. The van der Waals surface area contributed by atoms with E-state index in [1.807, 2.05) is 35.5 Å². The average molecular weight is 456 g/mol. The number of nitrogens with one attached hydrogen (secondary N) is 2. The van der Waals surface area contributed by atoms with Gasteiger partial charge in [0.15, 0.2) is 0 Å². The number of rotatable bonds is 3. The van der Waals surface area contributed by atoms with Crippen LogP contribution in [0.15, 0.2) is 54.7 Å². The number of anilines is 1. The fourth-order valence-electron chi connectivity index (χ4n) is 5.04. The first-order chi connectivity index (χ1) is 16.6. The van der Waals surface area contributed by atoms with Gasteiger partial charge in [-0.3, -0.25) is 14.7 Å². The molecule has 0 saturated carbocycles. The van der Waals surface area contributed by atoms with Gasteiger partial charge in [0.1, 0.15) is 17.7 Å². The van der Waals surface area contributed by atoms with Crippen molar-refractivity contribution in [3.8, 4) is 0 Å². The molecule has 2 aromatic carbocycles. The summed E-state index contributed by atoms with van der Waals surface area (Å²) in [5.74, 6) is 1.65. The molecule has 1 atom stereocenters. The summed E-state index contributed by atoms with van der Waals surface area (Å²) in [6.45, 7) is 7.59. The molecule has 0 spiro atoms. The molecule has 2 bridgehead atoms. The van der Waals surface area contributed by atoms with E-state index < -0.39 is 0 Å². The number of nitrogens with zero attached hydrogens (tertiary/aromatic N) is 5. The normalized spacial score (nSPS) is 19.7. The van der Waals surface area contributed by atoms with E-state index in [-0.39, 0.29) is 17.9 Å². The maximum absolute atomic E-state index is 13.9. The van der Waals surface area contributed by atoms with Crippen LogP contribution in [0.4, 0.5) is 5.82 Å². The van der Waals surface area contributed by atoms with Crippen LogP contribution < -0.4 is 5.32 Å². The fourth-order valence-corrected chi connectivity index (χ4v) is 5.04. The lowest BCUT2D eigenvalue weighted by Crippen LogP contribution is -2.61. The van der Waals surface area contributed by atoms with Crippen molar-refractivity contribution < 1.29 is 4.79 Å². The van der Waals surface area contributed by atoms with Gasteiger partial charge in [0.2, 0.25) is 0 Å². The Hall–Kier alpha value is -3.49. The van der Waals surface area contributed by atoms with Gasteiger partial charge in [-0.2, -0.15) is 0 Å². The molecule has 4 aromatic rings. The standard InChI is InChI=1S/C26H29N7O/c1-17(2)23-26(34)33-16-31(14-19-7-5-6-18-10-11-27-24(18)19)12-13-32(33)15-22-28-21-9-4-3-8-20(21)25(29-22)30-23/h3-11,17,23,27H,12-16H2,1-2H3,(H,28,29,30)/t23-/m0/s1. The number of carbonyl (C=O) groups is 1. The van der Waals surface area contributed by atoms with Crippen molar-refractivity contribution in [1.82, 2.24) is 29.9 Å². The van der Waals surface area contributed by atoms with Crippen molar-refractivity contribution in [3.05, 3.63) is 66.1 Å². The Labute approximate surface area is 198 Å². The van der Waals surface area contributed by atoms with E-state index in [4.69, 9.17) is 9.97 Å². The van der Waals surface area contributed by atoms with Crippen LogP contribution in [0.3, 0.4) is 0 Å². The third kappa shape index (κ3) is 3.69. The second-order valence-corrected chi connectivity index (χ2v) is 9.55. The largest absolute Gasteiger partial charge is 0.361 e. The molecule has 2 aromatic heterocycles. The van der Waals surface area contributed by atoms with E-state index in [0.717, 1.165) is 42.2 Å². The molecular formula is C26H29N7O. The van der Waals surface area contributed by atoms with E-state index in [9.17, 15) is 4.79 Å². The zero-order chi connectivity index (χ0) is 23.2. The molecule has 1 amide bonds. The lowest BCUT2D eigenvalue weighted by Gasteiger charge is -2.44. The Balaban J connectivity index is 1.33. The van der Waals surface area contributed by atoms with Crippen LogP contribution in [0, 0.1) is 5.92 Å². The second-order valence-electron chi connectivity index (χ2n) is 9.55. The minimum Gasteiger partial charge on any atom is -0.361 e. The van der Waals surface area contributed by atoms with Crippen LogP contribution in [-0.2, 0) is 17.9 Å². The molecule has 2 aliphatic heterocycles. The molecule has 0 unspecified atom stereocenters. The monoisotopic (exact) mass is 455 g/mol. The number of carbonyl (C=O) groups excluding carboxylic acids is 1. The van der Waals surface area contributed by atoms with Gasteiger partial charge >= 0.3 is 0 Å². The molecule has 2 aliphatic rings. The Morgan fingerprint density at radius 2 is 1.94 bits per heavy atom. The topological polar surface area (TPSA) is 80.4 Å². The van der Waals surface area contributed by atoms with E-state index in [1.54, 1.807) is 0 Å². The Bertz CT molecular complexity index is 1360. The lowest BCUT2D eigenvalue weighted by molar-refractivity contribution is -0.168. The van der Waals surface area contributed by atoms with E-state index in [2.05, 4.69) is 58.3 Å². The Kier molecular flexibility index (Phi) is 5.19. The summed E-state index contributed by atoms with van der Waals surface area (Å²) in [5, 5.41) is 9.65. The Morgan fingerprint density at radius 1 is 1.06 bits per heavy atom. The lowest BCUT2D eigenvalue weighted by atomic mass is 10.0. The minimum atomic E-state index is -0.376. The van der Waals surface area contributed by atoms with E-state index in [0.29, 0.717) is 13.2 Å². The number of aromatic amines is 1. The number of para-hydroxylation sites is 2. The maximum Gasteiger partial charge on any atom is 0.260 e. The molecular weight excluding hydrogens is 426 g/mol. The fraction of sp³-hybridized carbons (Fsp3) is 0.346. The highest BCUT2D eigenvalue weighted by Crippen LogP contribution is 2.27. The van der Waals surface area contributed by atoms with Crippen LogP contribution in [-0.4, -0.2) is 61.6 Å². The summed E-state index contributed by atoms with van der Waals surface area (Å²) in [6.07, 6.45) is 1.98. The van der Waals surface area contributed by atoms with Crippen molar-refractivity contribution in [2.45, 2.75) is 33.0 Å². The van der Waals surface area contributed by atoms with Crippen molar-refractivity contribution in [1.29, 1.82) is 0 Å². The van der Waals surface area contributed by atoms with Gasteiger partial charge in [0.25, 0.3) is 5.91 Å². The first kappa shape index (κ1) is 21.1. The number of hydrogen-bond acceptors (Lipinski definition) is 6. The zero-order valence-electron chi connectivity index (χ0n) is 19.5. The predicted octanol–water partition coefficient (Wildman–Crippen LogP) is 3.58. The third-order valence-corrected chi connectivity index (χ3v) is 6.87. The molecule has 0 radical (unpaired) electrons. The molecule has 34 heavy (non-hydrogen) atoms. The molecule has 1 saturated heterocycles. The highest BCUT2D eigenvalue weighted by Gasteiger charge is 2.36. The molecule has 2 N–H and O–H groups in total. The molecule has 6 rings (SSSR count). The van der Waals surface area contributed by atoms with Gasteiger partial charge in [-0.15, -0.1) is 0 Å². The highest BCUT2D eigenvalue weighted by molar-refractivity contribution is 5.92. The van der Waals surface area contributed by atoms with Gasteiger partial charge in [0.05, 0.1) is 18.7 Å². The van der Waals surface area contributed by atoms with Crippen LogP contribution in [0.2, 0.25) is 0 Å². The highest BCUT2D eigenvalue weighted by atomic mass is 16.2. The molecule has 8 nitrogen and oxygen atoms in total. The van der Waals surface area contributed by atoms with E-state index >= 15 is 0 Å². The first-order valence-electron chi connectivity index (χ1n) is 11.9. The van der Waals surface area contributed by atoms with Crippen LogP contribution in [0.1, 0.15) is 25.2 Å². The summed E-state index contributed by atoms with van der Waals surface area (Å²) in [5.41, 5.74) is 3.31. The minimum absolute atomic E-state index is 0.0751. The predicted molar refractivity (Wildman–Crippen MR) is 133 cm³/mol. The summed E-state index contributed by atoms with van der Waals surface area (Å²) >= 11 is 0. The molecule has 174 valence electrons. The number of hydrazine groups is 1. The van der Waals surface area contributed by atoms with Gasteiger partial charge in [-0.1, -0.05) is 44.2 Å². The summed E-state index contributed by atoms with van der Waals surface area (Å²) < 4.78 is 0. The van der Waals surface area contributed by atoms with Gasteiger partial charge in [-0.05, 0) is 35.1 Å². The SMILES string of the molecule is CC(C)[C@@H]1Nc2nc(nc3ccccc23)CN2CCN(Cc3cccc4cc[nH]c34)CN2C1=O. The quantitative estimate of drug-likeness (QED) is 0.492. The smallest absolute Gasteiger partial charge is 0.260 e. The Morgan fingerprint density at radius 3 is 2.82 bits per heavy atom. The number of amides is 1. The number of fused-ring (bicyclic) bond motifs is 6. The molecule has 1 fully saturated rings. The summed E-state index contributed by atoms with van der Waals surface area (Å²) in [6, 6.07) is 16.1. The second kappa shape index (κ2) is 8.38. The van der Waals surface area contributed by atoms with Crippen LogP contribution in [0.5, 0.6) is 0 Å². The van der Waals surface area contributed by atoms with Crippen LogP contribution >= 0.6 is 0 Å². The van der Waals surface area contributed by atoms with E-state index in [1.165, 1.54) is 16.5 Å². The van der Waals surface area contributed by atoms with Gasteiger partial charge in [0, 0.05) is 36.7 Å². The van der Waals surface area contributed by atoms with Crippen LogP contribution in [0.25, 0.3) is 21.8 Å². The first-order valence-corrected chi connectivity index (χ1v) is 11.9. The number of H-pyrrole nitrogens is 1. The van der Waals surface area contributed by atoms with Crippen molar-refractivity contribution >= 4 is 33.5 Å². The number of hydrogen-bond donors (Lipinski definition) is 2. The van der Waals surface area contributed by atoms with Gasteiger partial charge in [-0.25, -0.2) is 15.0 Å². The molecule has 4 heterocycles. The van der Waals surface area contributed by atoms with Crippen molar-refractivity contribution in [2.75, 3.05) is 25.1 Å². The van der Waals surface area contributed by atoms with Gasteiger partial charge < -0.3 is 10.3 Å². The third-order valence-electron chi connectivity index (χ3n) is 6.87. The summed E-state index contributed by atoms with van der Waals surface area (Å²) in [7, 11) is 0. The number of aromatic nitrogens is 3. The number of benzene rings is 2. The molecule has 8 heteroatoms.